The van der Waals surface area contributed by atoms with E-state index in [9.17, 15) is 0 Å². The molecule has 1 fully saturated rings. The Morgan fingerprint density at radius 1 is 1.00 bits per heavy atom. The van der Waals surface area contributed by atoms with Crippen molar-refractivity contribution in [3.05, 3.63) is 30.3 Å². The quantitative estimate of drug-likeness (QED) is 0.704. The van der Waals surface area contributed by atoms with Crippen LogP contribution in [0.15, 0.2) is 30.3 Å². The lowest BCUT2D eigenvalue weighted by Gasteiger charge is -2.29. The molecular weight excluding hydrogens is 160 g/mol. The Hall–Kier alpha value is -1.02. The minimum Gasteiger partial charge on any atom is -0.369 e. The van der Waals surface area contributed by atoms with E-state index in [4.69, 9.17) is 0 Å². The summed E-state index contributed by atoms with van der Waals surface area (Å²) in [6.45, 7) is 4.47. The molecule has 13 heavy (non-hydrogen) atoms. The maximum absolute atomic E-state index is 3.34. The van der Waals surface area contributed by atoms with Crippen LogP contribution >= 0.6 is 0 Å². The highest BCUT2D eigenvalue weighted by Gasteiger charge is 2.08. The van der Waals surface area contributed by atoms with Gasteiger partial charge in [0, 0.05) is 31.9 Å². The molecule has 0 radical (unpaired) electrons. The van der Waals surface area contributed by atoms with E-state index < -0.39 is 0 Å². The van der Waals surface area contributed by atoms with E-state index in [1.165, 1.54) is 5.69 Å². The van der Waals surface area contributed by atoms with E-state index in [-0.39, 0.29) is 7.43 Å². The van der Waals surface area contributed by atoms with Crippen molar-refractivity contribution in [1.29, 1.82) is 0 Å². The summed E-state index contributed by atoms with van der Waals surface area (Å²) in [5.74, 6) is 0. The van der Waals surface area contributed by atoms with E-state index in [0.29, 0.717) is 0 Å². The molecule has 1 aromatic carbocycles. The van der Waals surface area contributed by atoms with Crippen LogP contribution in [0.5, 0.6) is 0 Å². The number of para-hydroxylation sites is 1. The second-order valence-electron chi connectivity index (χ2n) is 3.07. The first-order valence-electron chi connectivity index (χ1n) is 4.47. The molecule has 0 spiro atoms. The van der Waals surface area contributed by atoms with Crippen LogP contribution in [0, 0.1) is 0 Å². The lowest BCUT2D eigenvalue weighted by molar-refractivity contribution is 0.589. The Morgan fingerprint density at radius 2 is 1.62 bits per heavy atom. The number of benzene rings is 1. The third-order valence-electron chi connectivity index (χ3n) is 2.24. The number of hydrogen-bond acceptors (Lipinski definition) is 2. The van der Waals surface area contributed by atoms with Crippen molar-refractivity contribution in [2.24, 2.45) is 0 Å². The van der Waals surface area contributed by atoms with E-state index in [1.807, 2.05) is 0 Å². The van der Waals surface area contributed by atoms with Gasteiger partial charge in [-0.2, -0.15) is 0 Å². The molecule has 1 aromatic rings. The van der Waals surface area contributed by atoms with Gasteiger partial charge in [-0.15, -0.1) is 0 Å². The van der Waals surface area contributed by atoms with Crippen LogP contribution in [0.25, 0.3) is 0 Å². The summed E-state index contributed by atoms with van der Waals surface area (Å²) < 4.78 is 0. The van der Waals surface area contributed by atoms with Gasteiger partial charge in [0.15, 0.2) is 0 Å². The maximum Gasteiger partial charge on any atom is 0.0367 e. The SMILES string of the molecule is C.c1ccc(N2CCNCC2)cc1. The predicted octanol–water partition coefficient (Wildman–Crippen LogP) is 1.73. The zero-order valence-corrected chi connectivity index (χ0v) is 7.16. The lowest BCUT2D eigenvalue weighted by Crippen LogP contribution is -2.43. The molecule has 2 rings (SSSR count). The van der Waals surface area contributed by atoms with E-state index >= 15 is 0 Å². The summed E-state index contributed by atoms with van der Waals surface area (Å²) in [6, 6.07) is 10.6. The molecule has 1 saturated heterocycles. The lowest BCUT2D eigenvalue weighted by atomic mass is 10.2. The third kappa shape index (κ3) is 2.46. The van der Waals surface area contributed by atoms with E-state index in [1.54, 1.807) is 0 Å². The van der Waals surface area contributed by atoms with Gasteiger partial charge in [0.1, 0.15) is 0 Å². The van der Waals surface area contributed by atoms with Crippen LogP contribution < -0.4 is 10.2 Å². The molecule has 0 saturated carbocycles. The first kappa shape index (κ1) is 10.1. The van der Waals surface area contributed by atoms with Crippen LogP contribution in [0.2, 0.25) is 0 Å². The van der Waals surface area contributed by atoms with Crippen molar-refractivity contribution in [3.8, 4) is 0 Å². The van der Waals surface area contributed by atoms with Gasteiger partial charge >= 0.3 is 0 Å². The van der Waals surface area contributed by atoms with Gasteiger partial charge in [0.2, 0.25) is 0 Å². The van der Waals surface area contributed by atoms with Gasteiger partial charge in [-0.05, 0) is 12.1 Å². The van der Waals surface area contributed by atoms with Crippen LogP contribution in [0.3, 0.4) is 0 Å². The number of nitrogens with one attached hydrogen (secondary N) is 1. The molecule has 1 N–H and O–H groups in total. The van der Waals surface area contributed by atoms with Gasteiger partial charge in [-0.3, -0.25) is 0 Å². The van der Waals surface area contributed by atoms with Crippen LogP contribution in [0.4, 0.5) is 5.69 Å². The normalized spacial score (nSPS) is 16.5. The number of anilines is 1. The van der Waals surface area contributed by atoms with Crippen molar-refractivity contribution in [2.75, 3.05) is 31.1 Å². The number of rotatable bonds is 1. The van der Waals surface area contributed by atoms with E-state index in [2.05, 4.69) is 40.5 Å². The number of nitrogens with zero attached hydrogens (tertiary/aromatic N) is 1. The zero-order valence-electron chi connectivity index (χ0n) is 7.16. The fraction of sp³-hybridized carbons (Fsp3) is 0.455. The van der Waals surface area contributed by atoms with Gasteiger partial charge in [0.05, 0.1) is 0 Å². The van der Waals surface area contributed by atoms with Gasteiger partial charge in [-0.1, -0.05) is 25.6 Å². The fourth-order valence-electron chi connectivity index (χ4n) is 1.56. The Balaban J connectivity index is 0.000000845. The number of piperazine rings is 1. The van der Waals surface area contributed by atoms with Crippen LogP contribution in [-0.2, 0) is 0 Å². The summed E-state index contributed by atoms with van der Waals surface area (Å²) in [7, 11) is 0. The molecular formula is C11H18N2. The predicted molar refractivity (Wildman–Crippen MR) is 58.3 cm³/mol. The summed E-state index contributed by atoms with van der Waals surface area (Å²) in [6.07, 6.45) is 0. The first-order chi connectivity index (χ1) is 5.97. The second kappa shape index (κ2) is 4.87. The molecule has 0 unspecified atom stereocenters. The summed E-state index contributed by atoms with van der Waals surface area (Å²) >= 11 is 0. The molecule has 1 aliphatic rings. The largest absolute Gasteiger partial charge is 0.369 e. The summed E-state index contributed by atoms with van der Waals surface area (Å²) in [5.41, 5.74) is 1.35. The Labute approximate surface area is 80.6 Å². The molecule has 72 valence electrons. The third-order valence-corrected chi connectivity index (χ3v) is 2.24. The van der Waals surface area contributed by atoms with Gasteiger partial charge in [0.25, 0.3) is 0 Å². The Morgan fingerprint density at radius 3 is 2.23 bits per heavy atom. The highest BCUT2D eigenvalue weighted by atomic mass is 15.2. The minimum absolute atomic E-state index is 0. The Bertz CT molecular complexity index is 227. The average molecular weight is 178 g/mol. The molecule has 0 aromatic heterocycles. The summed E-state index contributed by atoms with van der Waals surface area (Å²) in [5, 5.41) is 3.34. The van der Waals surface area contributed by atoms with Crippen molar-refractivity contribution in [1.82, 2.24) is 5.32 Å². The second-order valence-corrected chi connectivity index (χ2v) is 3.07. The maximum atomic E-state index is 3.34. The number of hydrogen-bond donors (Lipinski definition) is 1. The Kier molecular flexibility index (Phi) is 3.77. The zero-order chi connectivity index (χ0) is 8.23. The smallest absolute Gasteiger partial charge is 0.0367 e. The van der Waals surface area contributed by atoms with E-state index in [0.717, 1.165) is 26.2 Å². The summed E-state index contributed by atoms with van der Waals surface area (Å²) in [4.78, 5) is 2.41. The van der Waals surface area contributed by atoms with Crippen LogP contribution in [-0.4, -0.2) is 26.2 Å². The molecule has 2 heteroatoms. The highest BCUT2D eigenvalue weighted by molar-refractivity contribution is 5.46. The molecule has 0 bridgehead atoms. The monoisotopic (exact) mass is 178 g/mol. The molecule has 0 amide bonds. The first-order valence-corrected chi connectivity index (χ1v) is 4.47. The molecule has 2 nitrogen and oxygen atoms in total. The fourth-order valence-corrected chi connectivity index (χ4v) is 1.56. The minimum atomic E-state index is 0. The van der Waals surface area contributed by atoms with Gasteiger partial charge in [-0.25, -0.2) is 0 Å². The van der Waals surface area contributed by atoms with Crippen molar-refractivity contribution >= 4 is 5.69 Å². The van der Waals surface area contributed by atoms with Crippen molar-refractivity contribution < 1.29 is 0 Å². The molecule has 0 atom stereocenters. The van der Waals surface area contributed by atoms with Crippen molar-refractivity contribution in [3.63, 3.8) is 0 Å². The van der Waals surface area contributed by atoms with Crippen LogP contribution in [0.1, 0.15) is 7.43 Å². The van der Waals surface area contributed by atoms with Gasteiger partial charge < -0.3 is 10.2 Å². The average Bonchev–Trinajstić information content (AvgIpc) is 2.21. The highest BCUT2D eigenvalue weighted by Crippen LogP contribution is 2.12. The topological polar surface area (TPSA) is 15.3 Å². The standard InChI is InChI=1S/C10H14N2.CH4/c1-2-4-10(5-3-1)12-8-6-11-7-9-12;/h1-5,11H,6-9H2;1H4. The molecule has 1 heterocycles. The molecule has 1 aliphatic heterocycles. The molecule has 0 aliphatic carbocycles. The van der Waals surface area contributed by atoms with Crippen molar-refractivity contribution in [2.45, 2.75) is 7.43 Å².